The first-order valence-electron chi connectivity index (χ1n) is 7.79. The Morgan fingerprint density at radius 1 is 1.38 bits per heavy atom. The molecule has 3 nitrogen and oxygen atoms in total. The molecule has 2 N–H and O–H groups in total. The molecule has 0 aliphatic carbocycles. The molecule has 1 aromatic heterocycles. The average Bonchev–Trinajstić information content (AvgIpc) is 3.16. The molecule has 3 rings (SSSR count). The van der Waals surface area contributed by atoms with Crippen LogP contribution in [0.1, 0.15) is 43.5 Å². The molecule has 2 unspecified atom stereocenters. The second-order valence-electron chi connectivity index (χ2n) is 5.74. The zero-order valence-corrected chi connectivity index (χ0v) is 13.4. The minimum atomic E-state index is 0.0294. The molecule has 0 saturated carbocycles. The van der Waals surface area contributed by atoms with Gasteiger partial charge in [-0.3, -0.25) is 0 Å². The van der Waals surface area contributed by atoms with E-state index in [9.17, 15) is 0 Å². The van der Waals surface area contributed by atoms with Gasteiger partial charge in [-0.1, -0.05) is 37.3 Å². The summed E-state index contributed by atoms with van der Waals surface area (Å²) in [6.07, 6.45) is 4.61. The molecule has 4 heteroatoms. The van der Waals surface area contributed by atoms with E-state index in [1.165, 1.54) is 30.0 Å². The molecule has 1 fully saturated rings. The Bertz CT molecular complexity index is 566. The molecule has 0 radical (unpaired) electrons. The predicted molar refractivity (Wildman–Crippen MR) is 89.8 cm³/mol. The molecule has 1 saturated heterocycles. The van der Waals surface area contributed by atoms with Crippen LogP contribution in [0.4, 0.5) is 5.13 Å². The van der Waals surface area contributed by atoms with E-state index in [0.717, 1.165) is 18.7 Å². The Kier molecular flexibility index (Phi) is 4.56. The van der Waals surface area contributed by atoms with Crippen LogP contribution in [-0.4, -0.2) is 17.6 Å². The van der Waals surface area contributed by atoms with Crippen molar-refractivity contribution in [2.75, 3.05) is 11.4 Å². The van der Waals surface area contributed by atoms with Crippen LogP contribution in [0.2, 0.25) is 0 Å². The maximum atomic E-state index is 6.29. The van der Waals surface area contributed by atoms with Gasteiger partial charge < -0.3 is 10.6 Å². The van der Waals surface area contributed by atoms with Crippen LogP contribution >= 0.6 is 11.3 Å². The summed E-state index contributed by atoms with van der Waals surface area (Å²) in [5.41, 5.74) is 8.59. The lowest BCUT2D eigenvalue weighted by Crippen LogP contribution is -2.28. The fourth-order valence-electron chi connectivity index (χ4n) is 3.08. The lowest BCUT2D eigenvalue weighted by atomic mass is 10.0. The Morgan fingerprint density at radius 3 is 2.95 bits per heavy atom. The standard InChI is InChI=1S/C17H23N3S/c1-2-15-9-6-10-20(15)17-19-14(12-21-17)11-16(18)13-7-4-3-5-8-13/h3-5,7-8,12,15-16H,2,6,9-11,18H2,1H3. The zero-order chi connectivity index (χ0) is 14.7. The first-order chi connectivity index (χ1) is 10.3. The predicted octanol–water partition coefficient (Wildman–Crippen LogP) is 3.76. The third-order valence-corrected chi connectivity index (χ3v) is 5.22. The second-order valence-corrected chi connectivity index (χ2v) is 6.58. The van der Waals surface area contributed by atoms with E-state index in [-0.39, 0.29) is 6.04 Å². The summed E-state index contributed by atoms with van der Waals surface area (Å²) >= 11 is 1.76. The number of hydrogen-bond acceptors (Lipinski definition) is 4. The van der Waals surface area contributed by atoms with E-state index in [2.05, 4.69) is 29.3 Å². The molecule has 112 valence electrons. The average molecular weight is 301 g/mol. The number of rotatable bonds is 5. The normalized spacial score (nSPS) is 19.9. The molecular weight excluding hydrogens is 278 g/mol. The van der Waals surface area contributed by atoms with Gasteiger partial charge in [0.15, 0.2) is 5.13 Å². The molecule has 2 atom stereocenters. The fourth-order valence-corrected chi connectivity index (χ4v) is 4.01. The summed E-state index contributed by atoms with van der Waals surface area (Å²) in [6.45, 7) is 3.42. The highest BCUT2D eigenvalue weighted by Gasteiger charge is 2.25. The number of benzene rings is 1. The summed E-state index contributed by atoms with van der Waals surface area (Å²) in [7, 11) is 0. The number of aromatic nitrogens is 1. The zero-order valence-electron chi connectivity index (χ0n) is 12.5. The van der Waals surface area contributed by atoms with Gasteiger partial charge in [-0.25, -0.2) is 4.98 Å². The Balaban J connectivity index is 1.68. The lowest BCUT2D eigenvalue weighted by Gasteiger charge is -2.22. The third kappa shape index (κ3) is 3.27. The summed E-state index contributed by atoms with van der Waals surface area (Å²) < 4.78 is 0. The first-order valence-corrected chi connectivity index (χ1v) is 8.67. The lowest BCUT2D eigenvalue weighted by molar-refractivity contribution is 0.642. The minimum Gasteiger partial charge on any atom is -0.345 e. The molecular formula is C17H23N3S. The molecule has 0 bridgehead atoms. The van der Waals surface area contributed by atoms with Gasteiger partial charge in [0.2, 0.25) is 0 Å². The van der Waals surface area contributed by atoms with Gasteiger partial charge in [-0.2, -0.15) is 0 Å². The van der Waals surface area contributed by atoms with Crippen molar-refractivity contribution < 1.29 is 0 Å². The highest BCUT2D eigenvalue weighted by molar-refractivity contribution is 7.13. The van der Waals surface area contributed by atoms with Crippen molar-refractivity contribution in [2.24, 2.45) is 5.73 Å². The van der Waals surface area contributed by atoms with Gasteiger partial charge >= 0.3 is 0 Å². The van der Waals surface area contributed by atoms with Crippen LogP contribution in [0.15, 0.2) is 35.7 Å². The third-order valence-electron chi connectivity index (χ3n) is 4.29. The van der Waals surface area contributed by atoms with Gasteiger partial charge in [0, 0.05) is 30.4 Å². The van der Waals surface area contributed by atoms with E-state index in [1.54, 1.807) is 11.3 Å². The summed E-state index contributed by atoms with van der Waals surface area (Å²) in [5.74, 6) is 0. The Hall–Kier alpha value is -1.39. The maximum Gasteiger partial charge on any atom is 0.185 e. The van der Waals surface area contributed by atoms with Crippen LogP contribution in [0.25, 0.3) is 0 Å². The molecule has 1 aliphatic rings. The molecule has 1 aliphatic heterocycles. The van der Waals surface area contributed by atoms with Crippen molar-refractivity contribution in [3.05, 3.63) is 47.0 Å². The maximum absolute atomic E-state index is 6.29. The Morgan fingerprint density at radius 2 is 2.19 bits per heavy atom. The molecule has 0 spiro atoms. The number of nitrogens with two attached hydrogens (primary N) is 1. The SMILES string of the molecule is CCC1CCCN1c1nc(CC(N)c2ccccc2)cs1. The van der Waals surface area contributed by atoms with E-state index in [4.69, 9.17) is 10.7 Å². The van der Waals surface area contributed by atoms with Crippen molar-refractivity contribution in [3.8, 4) is 0 Å². The molecule has 2 heterocycles. The van der Waals surface area contributed by atoms with Crippen molar-refractivity contribution in [3.63, 3.8) is 0 Å². The summed E-state index contributed by atoms with van der Waals surface area (Å²) in [4.78, 5) is 7.29. The van der Waals surface area contributed by atoms with E-state index in [0.29, 0.717) is 6.04 Å². The van der Waals surface area contributed by atoms with Crippen LogP contribution < -0.4 is 10.6 Å². The number of hydrogen-bond donors (Lipinski definition) is 1. The number of thiazole rings is 1. The van der Waals surface area contributed by atoms with Gasteiger partial charge in [0.25, 0.3) is 0 Å². The Labute approximate surface area is 130 Å². The van der Waals surface area contributed by atoms with Crippen molar-refractivity contribution >= 4 is 16.5 Å². The smallest absolute Gasteiger partial charge is 0.185 e. The highest BCUT2D eigenvalue weighted by atomic mass is 32.1. The van der Waals surface area contributed by atoms with Crippen LogP contribution in [0, 0.1) is 0 Å². The van der Waals surface area contributed by atoms with Crippen LogP contribution in [0.5, 0.6) is 0 Å². The van der Waals surface area contributed by atoms with Crippen molar-refractivity contribution in [1.29, 1.82) is 0 Å². The van der Waals surface area contributed by atoms with Crippen molar-refractivity contribution in [1.82, 2.24) is 4.98 Å². The van der Waals surface area contributed by atoms with Crippen molar-refractivity contribution in [2.45, 2.75) is 44.7 Å². The molecule has 2 aromatic rings. The molecule has 0 amide bonds. The largest absolute Gasteiger partial charge is 0.345 e. The summed E-state index contributed by atoms with van der Waals surface area (Å²) in [6, 6.07) is 11.0. The first kappa shape index (κ1) is 14.5. The summed E-state index contributed by atoms with van der Waals surface area (Å²) in [5, 5.41) is 3.35. The molecule has 21 heavy (non-hydrogen) atoms. The fraction of sp³-hybridized carbons (Fsp3) is 0.471. The van der Waals surface area contributed by atoms with E-state index < -0.39 is 0 Å². The quantitative estimate of drug-likeness (QED) is 0.914. The number of anilines is 1. The second kappa shape index (κ2) is 6.58. The van der Waals surface area contributed by atoms with Gasteiger partial charge in [-0.15, -0.1) is 11.3 Å². The number of nitrogens with zero attached hydrogens (tertiary/aromatic N) is 2. The van der Waals surface area contributed by atoms with Gasteiger partial charge in [-0.05, 0) is 24.8 Å². The van der Waals surface area contributed by atoms with Crippen LogP contribution in [-0.2, 0) is 6.42 Å². The van der Waals surface area contributed by atoms with Crippen LogP contribution in [0.3, 0.4) is 0 Å². The highest BCUT2D eigenvalue weighted by Crippen LogP contribution is 2.30. The van der Waals surface area contributed by atoms with E-state index >= 15 is 0 Å². The van der Waals surface area contributed by atoms with Gasteiger partial charge in [0.05, 0.1) is 5.69 Å². The monoisotopic (exact) mass is 301 g/mol. The van der Waals surface area contributed by atoms with Gasteiger partial charge in [0.1, 0.15) is 0 Å². The van der Waals surface area contributed by atoms with E-state index in [1.807, 2.05) is 18.2 Å². The molecule has 1 aromatic carbocycles. The minimum absolute atomic E-state index is 0.0294. The topological polar surface area (TPSA) is 42.2 Å².